The predicted molar refractivity (Wildman–Crippen MR) is 108 cm³/mol. The highest BCUT2D eigenvalue weighted by atomic mass is 32.2. The number of benzene rings is 1. The van der Waals surface area contributed by atoms with E-state index < -0.39 is 11.0 Å². The zero-order chi connectivity index (χ0) is 19.4. The molecule has 26 heavy (non-hydrogen) atoms. The fourth-order valence-electron chi connectivity index (χ4n) is 3.07. The fraction of sp³-hybridized carbons (Fsp3) is 0.714. The van der Waals surface area contributed by atoms with Gasteiger partial charge in [-0.05, 0) is 50.2 Å². The molecule has 148 valence electrons. The van der Waals surface area contributed by atoms with Crippen molar-refractivity contribution in [3.8, 4) is 0 Å². The molecule has 0 spiro atoms. The Morgan fingerprint density at radius 1 is 1.12 bits per heavy atom. The molecule has 1 aliphatic rings. The van der Waals surface area contributed by atoms with Crippen LogP contribution in [0.1, 0.15) is 78.0 Å². The normalized spacial score (nSPS) is 19.3. The third kappa shape index (κ3) is 6.15. The summed E-state index contributed by atoms with van der Waals surface area (Å²) in [6.45, 7) is 14.2. The number of hydrogen-bond acceptors (Lipinski definition) is 3. The lowest BCUT2D eigenvalue weighted by Gasteiger charge is -2.31. The van der Waals surface area contributed by atoms with Gasteiger partial charge in [0.25, 0.3) is 0 Å². The van der Waals surface area contributed by atoms with Gasteiger partial charge in [0.2, 0.25) is 0 Å². The maximum Gasteiger partial charge on any atom is 0.157 e. The molecular weight excluding hydrogens is 346 g/mol. The van der Waals surface area contributed by atoms with Crippen LogP contribution in [0.5, 0.6) is 0 Å². The average molecular weight is 382 g/mol. The van der Waals surface area contributed by atoms with Crippen molar-refractivity contribution in [2.24, 2.45) is 0 Å². The molecule has 1 unspecified atom stereocenters. The van der Waals surface area contributed by atoms with Gasteiger partial charge in [-0.1, -0.05) is 45.0 Å². The van der Waals surface area contributed by atoms with E-state index in [1.54, 1.807) is 0 Å². The Balaban J connectivity index is 2.24. The topological polar surface area (TPSA) is 47.6 Å². The molecule has 0 saturated carbocycles. The van der Waals surface area contributed by atoms with Crippen molar-refractivity contribution in [3.05, 3.63) is 35.4 Å². The summed E-state index contributed by atoms with van der Waals surface area (Å²) in [6.07, 6.45) is 2.41. The second-order valence-electron chi connectivity index (χ2n) is 8.99. The molecule has 0 aliphatic carbocycles. The van der Waals surface area contributed by atoms with Crippen molar-refractivity contribution in [1.29, 1.82) is 0 Å². The van der Waals surface area contributed by atoms with E-state index in [1.807, 2.05) is 20.8 Å². The molecule has 1 aliphatic heterocycles. The van der Waals surface area contributed by atoms with E-state index in [0.29, 0.717) is 0 Å². The van der Waals surface area contributed by atoms with Gasteiger partial charge in [-0.3, -0.25) is 0 Å². The summed E-state index contributed by atoms with van der Waals surface area (Å²) in [4.78, 5) is 0. The van der Waals surface area contributed by atoms with E-state index in [4.69, 9.17) is 9.47 Å². The molecule has 1 N–H and O–H groups in total. The van der Waals surface area contributed by atoms with Crippen LogP contribution in [0.4, 0.5) is 0 Å². The number of rotatable bonds is 6. The van der Waals surface area contributed by atoms with Gasteiger partial charge in [0.1, 0.15) is 0 Å². The maximum absolute atomic E-state index is 12.8. The number of ether oxygens (including phenoxy) is 2. The molecule has 0 bridgehead atoms. The zero-order valence-electron chi connectivity index (χ0n) is 17.1. The third-order valence-corrected chi connectivity index (χ3v) is 6.15. The molecule has 2 atom stereocenters. The molecule has 1 aromatic rings. The SMILES string of the molecule is CC(C)(C)c1ccccc1[C@H](CCC1OCCCO1)NS(=O)C(C)(C)C. The van der Waals surface area contributed by atoms with Gasteiger partial charge in [-0.2, -0.15) is 0 Å². The highest BCUT2D eigenvalue weighted by Crippen LogP contribution is 2.33. The highest BCUT2D eigenvalue weighted by molar-refractivity contribution is 7.84. The number of hydrogen-bond donors (Lipinski definition) is 1. The van der Waals surface area contributed by atoms with Crippen molar-refractivity contribution < 1.29 is 13.7 Å². The van der Waals surface area contributed by atoms with Gasteiger partial charge in [0.15, 0.2) is 6.29 Å². The summed E-state index contributed by atoms with van der Waals surface area (Å²) >= 11 is 0. The molecular formula is C21H35NO3S. The Bertz CT molecular complexity index is 598. The Morgan fingerprint density at radius 2 is 1.73 bits per heavy atom. The van der Waals surface area contributed by atoms with Crippen molar-refractivity contribution in [1.82, 2.24) is 4.72 Å². The number of nitrogens with one attached hydrogen (secondary N) is 1. The maximum atomic E-state index is 12.8. The van der Waals surface area contributed by atoms with Gasteiger partial charge in [-0.25, -0.2) is 8.93 Å². The van der Waals surface area contributed by atoms with E-state index in [9.17, 15) is 4.21 Å². The van der Waals surface area contributed by atoms with Crippen LogP contribution in [0, 0.1) is 0 Å². The van der Waals surface area contributed by atoms with E-state index in [2.05, 4.69) is 49.8 Å². The minimum absolute atomic E-state index is 0.000361. The molecule has 0 radical (unpaired) electrons. The van der Waals surface area contributed by atoms with Crippen molar-refractivity contribution in [2.75, 3.05) is 13.2 Å². The molecule has 0 amide bonds. The Hall–Kier alpha value is -0.750. The monoisotopic (exact) mass is 381 g/mol. The molecule has 1 aromatic carbocycles. The molecule has 5 heteroatoms. The standard InChI is InChI=1S/C21H35NO3S/c1-20(2,3)17-11-8-7-10-16(17)18(22-26(23)21(4,5)6)12-13-19-24-14-9-15-25-19/h7-8,10-11,18-19,22H,9,12-15H2,1-6H3/t18-,26?/m0/s1. The fourth-order valence-corrected chi connectivity index (χ4v) is 3.93. The van der Waals surface area contributed by atoms with Gasteiger partial charge in [0.05, 0.1) is 28.9 Å². The van der Waals surface area contributed by atoms with Crippen molar-refractivity contribution in [2.45, 2.75) is 83.3 Å². The molecule has 1 fully saturated rings. The van der Waals surface area contributed by atoms with Crippen molar-refractivity contribution in [3.63, 3.8) is 0 Å². The van der Waals surface area contributed by atoms with E-state index in [0.717, 1.165) is 32.5 Å². The average Bonchev–Trinajstić information content (AvgIpc) is 2.57. The van der Waals surface area contributed by atoms with Crippen LogP contribution >= 0.6 is 0 Å². The first-order chi connectivity index (χ1) is 12.1. The lowest BCUT2D eigenvalue weighted by Crippen LogP contribution is -2.37. The molecule has 0 aromatic heterocycles. The highest BCUT2D eigenvalue weighted by Gasteiger charge is 2.28. The summed E-state index contributed by atoms with van der Waals surface area (Å²) in [7, 11) is -1.14. The third-order valence-electron chi connectivity index (χ3n) is 4.54. The Morgan fingerprint density at radius 3 is 2.31 bits per heavy atom. The smallest absolute Gasteiger partial charge is 0.157 e. The van der Waals surface area contributed by atoms with Crippen molar-refractivity contribution >= 4 is 11.0 Å². The molecule has 1 heterocycles. The molecule has 4 nitrogen and oxygen atoms in total. The first-order valence-electron chi connectivity index (χ1n) is 9.59. The van der Waals surface area contributed by atoms with Crippen LogP contribution in [0.3, 0.4) is 0 Å². The van der Waals surface area contributed by atoms with Crippen LogP contribution < -0.4 is 4.72 Å². The first kappa shape index (κ1) is 21.5. The second-order valence-corrected chi connectivity index (χ2v) is 11.0. The quantitative estimate of drug-likeness (QED) is 0.782. The summed E-state index contributed by atoms with van der Waals surface area (Å²) in [5.41, 5.74) is 2.53. The van der Waals surface area contributed by atoms with Gasteiger partial charge >= 0.3 is 0 Å². The predicted octanol–water partition coefficient (Wildman–Crippen LogP) is 4.62. The van der Waals surface area contributed by atoms with E-state index >= 15 is 0 Å². The Labute approximate surface area is 161 Å². The van der Waals surface area contributed by atoms with Crippen LogP contribution in [-0.4, -0.2) is 28.5 Å². The molecule has 1 saturated heterocycles. The molecule has 2 rings (SSSR count). The van der Waals surface area contributed by atoms with Crippen LogP contribution in [0.25, 0.3) is 0 Å². The van der Waals surface area contributed by atoms with Crippen LogP contribution in [-0.2, 0) is 25.9 Å². The van der Waals surface area contributed by atoms with Gasteiger partial charge < -0.3 is 9.47 Å². The minimum Gasteiger partial charge on any atom is -0.353 e. The van der Waals surface area contributed by atoms with E-state index in [-0.39, 0.29) is 22.5 Å². The first-order valence-corrected chi connectivity index (χ1v) is 10.7. The summed E-state index contributed by atoms with van der Waals surface area (Å²) < 4.78 is 27.3. The minimum atomic E-state index is -1.14. The second kappa shape index (κ2) is 8.96. The van der Waals surface area contributed by atoms with Gasteiger partial charge in [0, 0.05) is 12.5 Å². The van der Waals surface area contributed by atoms with Crippen LogP contribution in [0.15, 0.2) is 24.3 Å². The van der Waals surface area contributed by atoms with E-state index in [1.165, 1.54) is 11.1 Å². The lowest BCUT2D eigenvalue weighted by molar-refractivity contribution is -0.182. The summed E-state index contributed by atoms with van der Waals surface area (Å²) in [5.74, 6) is 0. The van der Waals surface area contributed by atoms with Gasteiger partial charge in [-0.15, -0.1) is 0 Å². The lowest BCUT2D eigenvalue weighted by atomic mass is 9.81. The summed E-state index contributed by atoms with van der Waals surface area (Å²) in [5, 5.41) is 0. The summed E-state index contributed by atoms with van der Waals surface area (Å²) in [6, 6.07) is 8.47. The zero-order valence-corrected chi connectivity index (χ0v) is 17.9. The van der Waals surface area contributed by atoms with Crippen LogP contribution in [0.2, 0.25) is 0 Å². The Kier molecular flexibility index (Phi) is 7.43. The largest absolute Gasteiger partial charge is 0.353 e.